The highest BCUT2D eigenvalue weighted by atomic mass is 16.2. The Morgan fingerprint density at radius 3 is 2.18 bits per heavy atom. The number of piperidine rings is 1. The van der Waals surface area contributed by atoms with Crippen molar-refractivity contribution in [1.82, 2.24) is 4.90 Å². The molecule has 0 aromatic heterocycles. The number of carbonyl (C=O) groups is 2. The molecule has 0 unspecified atom stereocenters. The fourth-order valence-corrected chi connectivity index (χ4v) is 3.85. The van der Waals surface area contributed by atoms with Gasteiger partial charge in [0.05, 0.1) is 0 Å². The van der Waals surface area contributed by atoms with Gasteiger partial charge in [-0.05, 0) is 49.3 Å². The molecule has 1 saturated heterocycles. The van der Waals surface area contributed by atoms with Crippen molar-refractivity contribution < 1.29 is 9.59 Å². The van der Waals surface area contributed by atoms with Gasteiger partial charge in [-0.3, -0.25) is 9.59 Å². The molecule has 4 nitrogen and oxygen atoms in total. The second-order valence-corrected chi connectivity index (χ2v) is 7.66. The number of benzene rings is 2. The molecule has 1 aliphatic heterocycles. The summed E-state index contributed by atoms with van der Waals surface area (Å²) in [4.78, 5) is 28.4. The van der Waals surface area contributed by atoms with Crippen LogP contribution in [0.25, 0.3) is 0 Å². The van der Waals surface area contributed by atoms with Gasteiger partial charge in [-0.2, -0.15) is 0 Å². The van der Waals surface area contributed by atoms with Crippen molar-refractivity contribution in [1.29, 1.82) is 0 Å². The molecule has 0 radical (unpaired) electrons. The zero-order valence-electron chi connectivity index (χ0n) is 16.7. The quantitative estimate of drug-likeness (QED) is 0.721. The first-order valence-corrected chi connectivity index (χ1v) is 10.3. The molecule has 2 aromatic carbocycles. The highest BCUT2D eigenvalue weighted by molar-refractivity contribution is 5.93. The molecular weight excluding hydrogens is 348 g/mol. The van der Waals surface area contributed by atoms with Gasteiger partial charge in [0.2, 0.25) is 11.8 Å². The summed E-state index contributed by atoms with van der Waals surface area (Å²) in [7, 11) is 1.79. The predicted octanol–water partition coefficient (Wildman–Crippen LogP) is 4.30. The molecule has 0 saturated carbocycles. The zero-order valence-corrected chi connectivity index (χ0v) is 16.7. The van der Waals surface area contributed by atoms with Crippen LogP contribution in [0.5, 0.6) is 0 Å². The van der Waals surface area contributed by atoms with Gasteiger partial charge in [0.25, 0.3) is 0 Å². The SMILES string of the molecule is CN(C(=O)CCCC(=O)N1CCC(Cc2ccccc2)CC1)c1ccccc1. The summed E-state index contributed by atoms with van der Waals surface area (Å²) >= 11 is 0. The van der Waals surface area contributed by atoms with Crippen LogP contribution >= 0.6 is 0 Å². The highest BCUT2D eigenvalue weighted by Crippen LogP contribution is 2.22. The lowest BCUT2D eigenvalue weighted by molar-refractivity contribution is -0.132. The molecule has 0 spiro atoms. The third kappa shape index (κ3) is 5.69. The van der Waals surface area contributed by atoms with Gasteiger partial charge in [0.15, 0.2) is 0 Å². The molecule has 1 aliphatic rings. The standard InChI is InChI=1S/C24H30N2O2/c1-25(22-11-6-3-7-12-22)23(27)13-8-14-24(28)26-17-15-21(16-18-26)19-20-9-4-2-5-10-20/h2-7,9-12,21H,8,13-19H2,1H3. The third-order valence-corrected chi connectivity index (χ3v) is 5.63. The van der Waals surface area contributed by atoms with E-state index in [2.05, 4.69) is 24.3 Å². The largest absolute Gasteiger partial charge is 0.343 e. The van der Waals surface area contributed by atoms with Crippen LogP contribution < -0.4 is 4.90 Å². The Hall–Kier alpha value is -2.62. The van der Waals surface area contributed by atoms with Crippen LogP contribution in [-0.2, 0) is 16.0 Å². The Kier molecular flexibility index (Phi) is 7.24. The first-order valence-electron chi connectivity index (χ1n) is 10.3. The monoisotopic (exact) mass is 378 g/mol. The lowest BCUT2D eigenvalue weighted by Crippen LogP contribution is -2.39. The van der Waals surface area contributed by atoms with E-state index in [4.69, 9.17) is 0 Å². The topological polar surface area (TPSA) is 40.6 Å². The van der Waals surface area contributed by atoms with Crippen LogP contribution in [0.15, 0.2) is 60.7 Å². The summed E-state index contributed by atoms with van der Waals surface area (Å²) < 4.78 is 0. The van der Waals surface area contributed by atoms with Crippen LogP contribution in [0.4, 0.5) is 5.69 Å². The summed E-state index contributed by atoms with van der Waals surface area (Å²) in [6.45, 7) is 1.68. The lowest BCUT2D eigenvalue weighted by Gasteiger charge is -2.32. The van der Waals surface area contributed by atoms with Crippen molar-refractivity contribution >= 4 is 17.5 Å². The van der Waals surface area contributed by atoms with E-state index in [9.17, 15) is 9.59 Å². The molecule has 0 N–H and O–H groups in total. The van der Waals surface area contributed by atoms with Gasteiger partial charge in [-0.1, -0.05) is 48.5 Å². The minimum absolute atomic E-state index is 0.0561. The van der Waals surface area contributed by atoms with Gasteiger partial charge in [0.1, 0.15) is 0 Å². The molecule has 0 aliphatic carbocycles. The van der Waals surface area contributed by atoms with Gasteiger partial charge < -0.3 is 9.80 Å². The van der Waals surface area contributed by atoms with E-state index in [0.717, 1.165) is 38.0 Å². The zero-order chi connectivity index (χ0) is 19.8. The first kappa shape index (κ1) is 20.1. The number of nitrogens with zero attached hydrogens (tertiary/aromatic N) is 2. The van der Waals surface area contributed by atoms with E-state index >= 15 is 0 Å². The van der Waals surface area contributed by atoms with Crippen LogP contribution in [0.2, 0.25) is 0 Å². The van der Waals surface area contributed by atoms with Crippen molar-refractivity contribution in [2.75, 3.05) is 25.0 Å². The lowest BCUT2D eigenvalue weighted by atomic mass is 9.90. The molecule has 3 rings (SSSR count). The third-order valence-electron chi connectivity index (χ3n) is 5.63. The highest BCUT2D eigenvalue weighted by Gasteiger charge is 2.23. The number of para-hydroxylation sites is 1. The van der Waals surface area contributed by atoms with Gasteiger partial charge in [-0.25, -0.2) is 0 Å². The minimum atomic E-state index is 0.0561. The van der Waals surface area contributed by atoms with E-state index in [1.54, 1.807) is 11.9 Å². The van der Waals surface area contributed by atoms with Gasteiger partial charge >= 0.3 is 0 Å². The Labute approximate surface area is 168 Å². The fraction of sp³-hybridized carbons (Fsp3) is 0.417. The summed E-state index contributed by atoms with van der Waals surface area (Å²) in [6, 6.07) is 20.2. The number of amides is 2. The molecule has 0 bridgehead atoms. The average Bonchev–Trinajstić information content (AvgIpc) is 2.75. The van der Waals surface area contributed by atoms with Gasteiger partial charge in [0, 0.05) is 38.7 Å². The summed E-state index contributed by atoms with van der Waals surface area (Å²) in [6.07, 6.45) is 4.70. The number of rotatable bonds is 7. The van der Waals surface area contributed by atoms with Crippen LogP contribution in [0, 0.1) is 5.92 Å². The van der Waals surface area contributed by atoms with E-state index in [1.807, 2.05) is 41.3 Å². The summed E-state index contributed by atoms with van der Waals surface area (Å²) in [5.41, 5.74) is 2.27. The molecule has 2 amide bonds. The molecule has 148 valence electrons. The molecular formula is C24H30N2O2. The number of hydrogen-bond donors (Lipinski definition) is 0. The van der Waals surface area contributed by atoms with Crippen molar-refractivity contribution in [3.05, 3.63) is 66.2 Å². The van der Waals surface area contributed by atoms with Crippen molar-refractivity contribution in [3.63, 3.8) is 0 Å². The molecule has 0 atom stereocenters. The number of carbonyl (C=O) groups excluding carboxylic acids is 2. The first-order chi connectivity index (χ1) is 13.6. The Bertz CT molecular complexity index is 753. The second-order valence-electron chi connectivity index (χ2n) is 7.66. The predicted molar refractivity (Wildman–Crippen MR) is 113 cm³/mol. The van der Waals surface area contributed by atoms with Crippen molar-refractivity contribution in [3.8, 4) is 0 Å². The fourth-order valence-electron chi connectivity index (χ4n) is 3.85. The minimum Gasteiger partial charge on any atom is -0.343 e. The Morgan fingerprint density at radius 2 is 1.54 bits per heavy atom. The second kappa shape index (κ2) is 10.1. The smallest absolute Gasteiger partial charge is 0.226 e. The molecule has 4 heteroatoms. The van der Waals surface area contributed by atoms with Crippen LogP contribution in [-0.4, -0.2) is 36.9 Å². The van der Waals surface area contributed by atoms with Crippen LogP contribution in [0.1, 0.15) is 37.7 Å². The normalized spacial score (nSPS) is 14.7. The molecule has 2 aromatic rings. The maximum Gasteiger partial charge on any atom is 0.226 e. The maximum atomic E-state index is 12.5. The van der Waals surface area contributed by atoms with Gasteiger partial charge in [-0.15, -0.1) is 0 Å². The molecule has 1 heterocycles. The number of anilines is 1. The van der Waals surface area contributed by atoms with Crippen molar-refractivity contribution in [2.45, 2.75) is 38.5 Å². The van der Waals surface area contributed by atoms with E-state index in [-0.39, 0.29) is 11.8 Å². The molecule has 28 heavy (non-hydrogen) atoms. The van der Waals surface area contributed by atoms with Crippen molar-refractivity contribution in [2.24, 2.45) is 5.92 Å². The summed E-state index contributed by atoms with van der Waals surface area (Å²) in [5.74, 6) is 0.904. The van der Waals surface area contributed by atoms with Crippen LogP contribution in [0.3, 0.4) is 0 Å². The molecule has 1 fully saturated rings. The average molecular weight is 379 g/mol. The van der Waals surface area contributed by atoms with E-state index in [1.165, 1.54) is 5.56 Å². The van der Waals surface area contributed by atoms with E-state index in [0.29, 0.717) is 25.2 Å². The Morgan fingerprint density at radius 1 is 0.929 bits per heavy atom. The summed E-state index contributed by atoms with van der Waals surface area (Å²) in [5, 5.41) is 0. The number of hydrogen-bond acceptors (Lipinski definition) is 2. The number of likely N-dealkylation sites (tertiary alicyclic amines) is 1. The van der Waals surface area contributed by atoms with E-state index < -0.39 is 0 Å². The Balaban J connectivity index is 1.36. The maximum absolute atomic E-state index is 12.5.